The molecular formula is C12H19N5O3. The van der Waals surface area contributed by atoms with Gasteiger partial charge in [-0.05, 0) is 26.7 Å². The third-order valence-corrected chi connectivity index (χ3v) is 3.68. The maximum absolute atomic E-state index is 12.2. The normalized spacial score (nSPS) is 24.2. The number of hydrogen-bond donors (Lipinski definition) is 3. The molecule has 2 rings (SSSR count). The molecule has 8 heteroatoms. The van der Waals surface area contributed by atoms with Gasteiger partial charge in [-0.3, -0.25) is 9.89 Å². The summed E-state index contributed by atoms with van der Waals surface area (Å²) in [6, 6.07) is -0.580. The molecule has 0 aliphatic carbocycles. The number of H-pyrrole nitrogens is 1. The number of carboxylic acid groups (broad SMARTS) is 1. The molecule has 20 heavy (non-hydrogen) atoms. The van der Waals surface area contributed by atoms with Crippen molar-refractivity contribution in [2.24, 2.45) is 5.41 Å². The minimum atomic E-state index is -0.870. The van der Waals surface area contributed by atoms with Crippen molar-refractivity contribution in [3.8, 4) is 0 Å². The largest absolute Gasteiger partial charge is 0.481 e. The summed E-state index contributed by atoms with van der Waals surface area (Å²) in [5.74, 6) is -0.297. The number of carbonyl (C=O) groups is 2. The zero-order valence-corrected chi connectivity index (χ0v) is 11.6. The van der Waals surface area contributed by atoms with E-state index in [-0.39, 0.29) is 18.6 Å². The lowest BCUT2D eigenvalue weighted by atomic mass is 9.82. The molecule has 8 nitrogen and oxygen atoms in total. The van der Waals surface area contributed by atoms with E-state index in [1.807, 2.05) is 0 Å². The fourth-order valence-electron chi connectivity index (χ4n) is 2.36. The van der Waals surface area contributed by atoms with Crippen LogP contribution in [0.15, 0.2) is 6.33 Å². The second-order valence-corrected chi connectivity index (χ2v) is 5.43. The maximum atomic E-state index is 12.2. The van der Waals surface area contributed by atoms with Crippen LogP contribution in [0.1, 0.15) is 38.6 Å². The highest BCUT2D eigenvalue weighted by atomic mass is 16.4. The molecule has 0 saturated carbocycles. The van der Waals surface area contributed by atoms with Gasteiger partial charge in [-0.25, -0.2) is 9.78 Å². The minimum absolute atomic E-state index is 0.220. The number of amides is 2. The van der Waals surface area contributed by atoms with E-state index in [1.54, 1.807) is 18.7 Å². The predicted octanol–water partition coefficient (Wildman–Crippen LogP) is 0.762. The van der Waals surface area contributed by atoms with Crippen molar-refractivity contribution in [1.82, 2.24) is 25.4 Å². The first kappa shape index (κ1) is 14.3. The lowest BCUT2D eigenvalue weighted by Gasteiger charge is -2.37. The van der Waals surface area contributed by atoms with Gasteiger partial charge in [0.05, 0.1) is 11.5 Å². The van der Waals surface area contributed by atoms with Crippen LogP contribution in [-0.4, -0.2) is 50.3 Å². The average Bonchev–Trinajstić information content (AvgIpc) is 2.92. The maximum Gasteiger partial charge on any atom is 0.318 e. The smallest absolute Gasteiger partial charge is 0.318 e. The Labute approximate surface area is 116 Å². The van der Waals surface area contributed by atoms with Crippen LogP contribution in [0, 0.1) is 5.41 Å². The Morgan fingerprint density at radius 2 is 2.35 bits per heavy atom. The lowest BCUT2D eigenvalue weighted by Crippen LogP contribution is -2.51. The van der Waals surface area contributed by atoms with Crippen molar-refractivity contribution in [2.75, 3.05) is 13.1 Å². The summed E-state index contributed by atoms with van der Waals surface area (Å²) in [5, 5.41) is 18.5. The van der Waals surface area contributed by atoms with E-state index in [0.717, 1.165) is 0 Å². The Morgan fingerprint density at radius 1 is 1.60 bits per heavy atom. The van der Waals surface area contributed by atoms with Gasteiger partial charge in [0.2, 0.25) is 0 Å². The predicted molar refractivity (Wildman–Crippen MR) is 69.9 cm³/mol. The number of hydrogen-bond acceptors (Lipinski definition) is 4. The number of carboxylic acids is 1. The second-order valence-electron chi connectivity index (χ2n) is 5.43. The number of piperidine rings is 1. The Bertz CT molecular complexity index is 489. The molecule has 2 unspecified atom stereocenters. The number of nitrogens with one attached hydrogen (secondary N) is 2. The zero-order valence-electron chi connectivity index (χ0n) is 11.6. The molecule has 1 aromatic heterocycles. The van der Waals surface area contributed by atoms with E-state index < -0.39 is 11.4 Å². The molecule has 1 aliphatic heterocycles. The molecule has 2 atom stereocenters. The first-order valence-corrected chi connectivity index (χ1v) is 6.56. The SMILES string of the molecule is CC(NC(=O)N1CCCC(C)(C(=O)O)C1)c1ncn[nH]1. The van der Waals surface area contributed by atoms with Gasteiger partial charge in [0, 0.05) is 13.1 Å². The fourth-order valence-corrected chi connectivity index (χ4v) is 2.36. The van der Waals surface area contributed by atoms with Gasteiger partial charge in [-0.1, -0.05) is 0 Å². The highest BCUT2D eigenvalue weighted by Gasteiger charge is 2.39. The number of aromatic nitrogens is 3. The van der Waals surface area contributed by atoms with E-state index >= 15 is 0 Å². The van der Waals surface area contributed by atoms with E-state index in [1.165, 1.54) is 6.33 Å². The van der Waals surface area contributed by atoms with Crippen LogP contribution in [0.25, 0.3) is 0 Å². The van der Waals surface area contributed by atoms with Gasteiger partial charge in [-0.2, -0.15) is 5.10 Å². The molecule has 0 bridgehead atoms. The number of rotatable bonds is 3. The van der Waals surface area contributed by atoms with Crippen LogP contribution in [0.2, 0.25) is 0 Å². The molecule has 1 aromatic rings. The highest BCUT2D eigenvalue weighted by Crippen LogP contribution is 2.29. The second kappa shape index (κ2) is 5.48. The average molecular weight is 281 g/mol. The highest BCUT2D eigenvalue weighted by molar-refractivity contribution is 5.78. The standard InChI is InChI=1S/C12H19N5O3/c1-8(9-13-7-14-16-9)15-11(20)17-5-3-4-12(2,6-17)10(18)19/h7-8H,3-6H2,1-2H3,(H,15,20)(H,18,19)(H,13,14,16). The van der Waals surface area contributed by atoms with E-state index in [0.29, 0.717) is 25.2 Å². The Morgan fingerprint density at radius 3 is 2.95 bits per heavy atom. The minimum Gasteiger partial charge on any atom is -0.481 e. The number of urea groups is 1. The van der Waals surface area contributed by atoms with Crippen molar-refractivity contribution in [2.45, 2.75) is 32.7 Å². The third kappa shape index (κ3) is 2.89. The zero-order chi connectivity index (χ0) is 14.8. The molecule has 0 aromatic carbocycles. The molecule has 1 fully saturated rings. The lowest BCUT2D eigenvalue weighted by molar-refractivity contribution is -0.150. The molecular weight excluding hydrogens is 262 g/mol. The van der Waals surface area contributed by atoms with Crippen LogP contribution < -0.4 is 5.32 Å². The van der Waals surface area contributed by atoms with Gasteiger partial charge in [0.1, 0.15) is 12.2 Å². The van der Waals surface area contributed by atoms with E-state index in [9.17, 15) is 14.7 Å². The summed E-state index contributed by atoms with van der Waals surface area (Å²) in [4.78, 5) is 29.0. The number of likely N-dealkylation sites (tertiary alicyclic amines) is 1. The van der Waals surface area contributed by atoms with Crippen molar-refractivity contribution >= 4 is 12.0 Å². The number of aromatic amines is 1. The summed E-state index contributed by atoms with van der Waals surface area (Å²) in [7, 11) is 0. The summed E-state index contributed by atoms with van der Waals surface area (Å²) in [6.45, 7) is 4.25. The molecule has 1 saturated heterocycles. The topological polar surface area (TPSA) is 111 Å². The fraction of sp³-hybridized carbons (Fsp3) is 0.667. The monoisotopic (exact) mass is 281 g/mol. The van der Waals surface area contributed by atoms with Crippen LogP contribution in [0.4, 0.5) is 4.79 Å². The van der Waals surface area contributed by atoms with Crippen LogP contribution in [-0.2, 0) is 4.79 Å². The molecule has 0 radical (unpaired) electrons. The van der Waals surface area contributed by atoms with Crippen molar-refractivity contribution in [3.63, 3.8) is 0 Å². The summed E-state index contributed by atoms with van der Waals surface area (Å²) in [6.07, 6.45) is 2.65. The third-order valence-electron chi connectivity index (χ3n) is 3.68. The Hall–Kier alpha value is -2.12. The quantitative estimate of drug-likeness (QED) is 0.757. The number of carbonyl (C=O) groups excluding carboxylic acids is 1. The van der Waals surface area contributed by atoms with E-state index in [2.05, 4.69) is 20.5 Å². The molecule has 2 heterocycles. The van der Waals surface area contributed by atoms with E-state index in [4.69, 9.17) is 0 Å². The van der Waals surface area contributed by atoms with Gasteiger partial charge < -0.3 is 15.3 Å². The first-order valence-electron chi connectivity index (χ1n) is 6.56. The number of aliphatic carboxylic acids is 1. The van der Waals surface area contributed by atoms with Crippen molar-refractivity contribution < 1.29 is 14.7 Å². The van der Waals surface area contributed by atoms with Gasteiger partial charge in [0.25, 0.3) is 0 Å². The Balaban J connectivity index is 1.97. The van der Waals surface area contributed by atoms with Crippen molar-refractivity contribution in [3.05, 3.63) is 12.2 Å². The van der Waals surface area contributed by atoms with Crippen LogP contribution in [0.3, 0.4) is 0 Å². The van der Waals surface area contributed by atoms with Crippen LogP contribution >= 0.6 is 0 Å². The number of nitrogens with zero attached hydrogens (tertiary/aromatic N) is 3. The van der Waals surface area contributed by atoms with Gasteiger partial charge in [-0.15, -0.1) is 0 Å². The molecule has 3 N–H and O–H groups in total. The van der Waals surface area contributed by atoms with Crippen molar-refractivity contribution in [1.29, 1.82) is 0 Å². The molecule has 1 aliphatic rings. The summed E-state index contributed by atoms with van der Waals surface area (Å²) >= 11 is 0. The molecule has 0 spiro atoms. The Kier molecular flexibility index (Phi) is 3.91. The molecule has 110 valence electrons. The van der Waals surface area contributed by atoms with Gasteiger partial charge >= 0.3 is 12.0 Å². The van der Waals surface area contributed by atoms with Crippen LogP contribution in [0.5, 0.6) is 0 Å². The summed E-state index contributed by atoms with van der Waals surface area (Å²) < 4.78 is 0. The molecule has 2 amide bonds. The summed E-state index contributed by atoms with van der Waals surface area (Å²) in [5.41, 5.74) is -0.870. The van der Waals surface area contributed by atoms with Gasteiger partial charge in [0.15, 0.2) is 0 Å². The first-order chi connectivity index (χ1) is 9.42.